The number of rotatable bonds is 3. The minimum atomic E-state index is -1.84. The molecule has 5 nitrogen and oxygen atoms in total. The van der Waals surface area contributed by atoms with Crippen LogP contribution in [0.4, 0.5) is 0 Å². The van der Waals surface area contributed by atoms with Crippen LogP contribution in [0.1, 0.15) is 6.92 Å². The van der Waals surface area contributed by atoms with Crippen LogP contribution in [-0.2, 0) is 4.79 Å². The van der Waals surface area contributed by atoms with Crippen molar-refractivity contribution >= 4 is 5.91 Å². The third kappa shape index (κ3) is 1.94. The molecule has 0 aliphatic carbocycles. The lowest BCUT2D eigenvalue weighted by molar-refractivity contribution is -0.145. The second kappa shape index (κ2) is 2.96. The Labute approximate surface area is 58.1 Å². The molecule has 10 heavy (non-hydrogen) atoms. The normalized spacial score (nSPS) is 19.6. The second-order valence-corrected chi connectivity index (χ2v) is 2.32. The average molecular weight is 149 g/mol. The Morgan fingerprint density at radius 2 is 2.20 bits per heavy atom. The van der Waals surface area contributed by atoms with Crippen molar-refractivity contribution in [3.8, 4) is 0 Å². The topological polar surface area (TPSA) is 104 Å². The molecule has 1 amide bonds. The lowest BCUT2D eigenvalue weighted by Gasteiger charge is -2.23. The first kappa shape index (κ1) is 9.35. The highest BCUT2D eigenvalue weighted by Crippen LogP contribution is 2.07. The Hall–Kier alpha value is -0.650. The monoisotopic (exact) mass is 149 g/mol. The van der Waals surface area contributed by atoms with Crippen molar-refractivity contribution < 1.29 is 20.1 Å². The SMILES string of the molecule is CC(O)(CO)C(O)C(N)=O. The van der Waals surface area contributed by atoms with E-state index in [4.69, 9.17) is 15.3 Å². The zero-order valence-corrected chi connectivity index (χ0v) is 5.61. The number of carbonyl (C=O) groups is 1. The summed E-state index contributed by atoms with van der Waals surface area (Å²) in [6, 6.07) is 0. The average Bonchev–Trinajstić information content (AvgIpc) is 1.86. The summed E-state index contributed by atoms with van der Waals surface area (Å²) >= 11 is 0. The standard InChI is InChI=1S/C5H11NO4/c1-5(10,2-7)3(8)4(6)9/h3,7-8,10H,2H2,1H3,(H2,6,9). The van der Waals surface area contributed by atoms with Crippen molar-refractivity contribution in [2.75, 3.05) is 6.61 Å². The van der Waals surface area contributed by atoms with Gasteiger partial charge in [-0.3, -0.25) is 4.79 Å². The van der Waals surface area contributed by atoms with Crippen LogP contribution in [-0.4, -0.2) is 39.5 Å². The van der Waals surface area contributed by atoms with Crippen LogP contribution in [0.2, 0.25) is 0 Å². The number of nitrogens with two attached hydrogens (primary N) is 1. The van der Waals surface area contributed by atoms with Gasteiger partial charge in [-0.2, -0.15) is 0 Å². The molecule has 60 valence electrons. The van der Waals surface area contributed by atoms with E-state index in [0.717, 1.165) is 6.92 Å². The van der Waals surface area contributed by atoms with Gasteiger partial charge in [0.2, 0.25) is 5.91 Å². The molecule has 2 unspecified atom stereocenters. The van der Waals surface area contributed by atoms with Crippen molar-refractivity contribution in [2.45, 2.75) is 18.6 Å². The molecule has 0 aliphatic heterocycles. The number of aliphatic hydroxyl groups is 3. The fourth-order valence-electron chi connectivity index (χ4n) is 0.393. The molecule has 2 atom stereocenters. The van der Waals surface area contributed by atoms with Gasteiger partial charge in [-0.15, -0.1) is 0 Å². The van der Waals surface area contributed by atoms with E-state index in [1.54, 1.807) is 0 Å². The molecule has 0 aromatic heterocycles. The van der Waals surface area contributed by atoms with Crippen LogP contribution in [0.25, 0.3) is 0 Å². The number of amides is 1. The van der Waals surface area contributed by atoms with E-state index in [0.29, 0.717) is 0 Å². The maximum atomic E-state index is 10.2. The highest BCUT2D eigenvalue weighted by molar-refractivity contribution is 5.79. The molecule has 0 radical (unpaired) electrons. The van der Waals surface area contributed by atoms with E-state index < -0.39 is 24.2 Å². The van der Waals surface area contributed by atoms with E-state index >= 15 is 0 Å². The highest BCUT2D eigenvalue weighted by atomic mass is 16.4. The lowest BCUT2D eigenvalue weighted by Crippen LogP contribution is -2.50. The van der Waals surface area contributed by atoms with E-state index in [9.17, 15) is 4.79 Å². The Kier molecular flexibility index (Phi) is 2.77. The number of hydrogen-bond donors (Lipinski definition) is 4. The van der Waals surface area contributed by atoms with Gasteiger partial charge in [0.1, 0.15) is 5.60 Å². The summed E-state index contributed by atoms with van der Waals surface area (Å²) in [5, 5.41) is 26.1. The van der Waals surface area contributed by atoms with Gasteiger partial charge >= 0.3 is 0 Å². The van der Waals surface area contributed by atoms with Crippen LogP contribution < -0.4 is 5.73 Å². The number of hydrogen-bond acceptors (Lipinski definition) is 4. The van der Waals surface area contributed by atoms with E-state index in [2.05, 4.69) is 5.73 Å². The van der Waals surface area contributed by atoms with Crippen LogP contribution >= 0.6 is 0 Å². The molecule has 5 N–H and O–H groups in total. The van der Waals surface area contributed by atoms with Crippen molar-refractivity contribution in [3.63, 3.8) is 0 Å². The zero-order valence-electron chi connectivity index (χ0n) is 5.61. The first-order chi connectivity index (χ1) is 4.41. The predicted molar refractivity (Wildman–Crippen MR) is 32.9 cm³/mol. The molecule has 0 bridgehead atoms. The molecule has 0 saturated heterocycles. The van der Waals surface area contributed by atoms with Gasteiger partial charge in [0.25, 0.3) is 0 Å². The molecule has 0 rings (SSSR count). The van der Waals surface area contributed by atoms with Gasteiger partial charge in [0.05, 0.1) is 6.61 Å². The van der Waals surface area contributed by atoms with Gasteiger partial charge in [-0.25, -0.2) is 0 Å². The summed E-state index contributed by atoms with van der Waals surface area (Å²) in [7, 11) is 0. The van der Waals surface area contributed by atoms with Crippen LogP contribution in [0, 0.1) is 0 Å². The first-order valence-electron chi connectivity index (χ1n) is 2.72. The van der Waals surface area contributed by atoms with Crippen LogP contribution in [0.3, 0.4) is 0 Å². The molecular formula is C5H11NO4. The Balaban J connectivity index is 4.17. The van der Waals surface area contributed by atoms with Gasteiger partial charge in [-0.05, 0) is 6.92 Å². The molecule has 0 aromatic rings. The smallest absolute Gasteiger partial charge is 0.249 e. The fourth-order valence-corrected chi connectivity index (χ4v) is 0.393. The van der Waals surface area contributed by atoms with E-state index in [1.807, 2.05) is 0 Å². The molecule has 0 heterocycles. The quantitative estimate of drug-likeness (QED) is 0.358. The van der Waals surface area contributed by atoms with Gasteiger partial charge in [0.15, 0.2) is 6.10 Å². The van der Waals surface area contributed by atoms with Crippen LogP contribution in [0.15, 0.2) is 0 Å². The largest absolute Gasteiger partial charge is 0.393 e. The maximum Gasteiger partial charge on any atom is 0.249 e. The van der Waals surface area contributed by atoms with Crippen molar-refractivity contribution in [3.05, 3.63) is 0 Å². The zero-order chi connectivity index (χ0) is 8.36. The highest BCUT2D eigenvalue weighted by Gasteiger charge is 2.33. The number of primary amides is 1. The van der Waals surface area contributed by atoms with Gasteiger partial charge in [0, 0.05) is 0 Å². The summed E-state index contributed by atoms with van der Waals surface area (Å²) in [4.78, 5) is 10.2. The third-order valence-electron chi connectivity index (χ3n) is 1.18. The summed E-state index contributed by atoms with van der Waals surface area (Å²) in [6.07, 6.45) is -1.72. The molecular weight excluding hydrogens is 138 g/mol. The second-order valence-electron chi connectivity index (χ2n) is 2.32. The van der Waals surface area contributed by atoms with Crippen molar-refractivity contribution in [2.24, 2.45) is 5.73 Å². The minimum absolute atomic E-state index is 0.711. The van der Waals surface area contributed by atoms with Gasteiger partial charge < -0.3 is 21.1 Å². The summed E-state index contributed by atoms with van der Waals surface area (Å²) < 4.78 is 0. The van der Waals surface area contributed by atoms with E-state index in [-0.39, 0.29) is 0 Å². The summed E-state index contributed by atoms with van der Waals surface area (Å²) in [5.74, 6) is -1.06. The van der Waals surface area contributed by atoms with Crippen molar-refractivity contribution in [1.82, 2.24) is 0 Å². The molecule has 0 saturated carbocycles. The number of carbonyl (C=O) groups excluding carboxylic acids is 1. The molecule has 0 aromatic carbocycles. The number of aliphatic hydroxyl groups excluding tert-OH is 2. The first-order valence-corrected chi connectivity index (χ1v) is 2.72. The van der Waals surface area contributed by atoms with Crippen molar-refractivity contribution in [1.29, 1.82) is 0 Å². The Morgan fingerprint density at radius 1 is 1.80 bits per heavy atom. The van der Waals surface area contributed by atoms with E-state index in [1.165, 1.54) is 0 Å². The molecule has 0 spiro atoms. The predicted octanol–water partition coefficient (Wildman–Crippen LogP) is -2.42. The lowest BCUT2D eigenvalue weighted by atomic mass is 10.0. The Morgan fingerprint density at radius 3 is 2.30 bits per heavy atom. The third-order valence-corrected chi connectivity index (χ3v) is 1.18. The van der Waals surface area contributed by atoms with Gasteiger partial charge in [-0.1, -0.05) is 0 Å². The molecule has 0 aliphatic rings. The maximum absolute atomic E-state index is 10.2. The minimum Gasteiger partial charge on any atom is -0.393 e. The van der Waals surface area contributed by atoms with Crippen LogP contribution in [0.5, 0.6) is 0 Å². The fraction of sp³-hybridized carbons (Fsp3) is 0.800. The summed E-state index contributed by atoms with van der Waals surface area (Å²) in [5.41, 5.74) is 2.80. The molecule has 5 heteroatoms. The Bertz CT molecular complexity index is 134. The molecule has 0 fully saturated rings. The summed E-state index contributed by atoms with van der Waals surface area (Å²) in [6.45, 7) is 0.402.